The molecule has 2 aliphatic heterocycles. The summed E-state index contributed by atoms with van der Waals surface area (Å²) in [5, 5.41) is 0. The number of hydrogen-bond acceptors (Lipinski definition) is 3. The number of rotatable bonds is 5. The molecule has 5 aliphatic rings. The van der Waals surface area contributed by atoms with Crippen molar-refractivity contribution in [3.8, 4) is 0 Å². The molecule has 3 aliphatic carbocycles. The number of benzene rings is 7. The Balaban J connectivity index is 1.24. The van der Waals surface area contributed by atoms with Crippen molar-refractivity contribution in [2.24, 2.45) is 0 Å². The van der Waals surface area contributed by atoms with Gasteiger partial charge in [-0.3, -0.25) is 0 Å². The van der Waals surface area contributed by atoms with E-state index in [2.05, 4.69) is 227 Å². The van der Waals surface area contributed by atoms with Gasteiger partial charge in [0.1, 0.15) is 0 Å². The lowest BCUT2D eigenvalue weighted by molar-refractivity contribution is 0.332. The Labute approximate surface area is 430 Å². The largest absolute Gasteiger partial charge is 0.311 e. The summed E-state index contributed by atoms with van der Waals surface area (Å²) < 4.78 is 27.9. The molecule has 0 radical (unpaired) electrons. The van der Waals surface area contributed by atoms with E-state index in [-0.39, 0.29) is 39.2 Å². The van der Waals surface area contributed by atoms with Crippen LogP contribution in [0.25, 0.3) is 0 Å². The molecule has 71 heavy (non-hydrogen) atoms. The van der Waals surface area contributed by atoms with E-state index in [9.17, 15) is 4.11 Å². The molecule has 0 aromatic heterocycles. The van der Waals surface area contributed by atoms with Gasteiger partial charge in [-0.25, -0.2) is 0 Å². The Morgan fingerprint density at radius 2 is 0.930 bits per heavy atom. The SMILES string of the molecule is [2H]C([2H])([2H])c1cc2c3c(c1)N(c1ccc4c(c1C)C(C)(C)CC4(C)C)c1ccc(N(c4ccccc4)c4ccccc4)cc1B3c1cc3c(cc1N2c1cc2c(cc1C)C(C)(C)CC2(C)C)C(C)(C)CCC3(C)C. The standard InChI is InChI=1S/C67H74BN3/c1-41-32-58-61-59(33-41)71(56-37-51-48(34-42(56)2)65(10,11)39-66(51,12)13)57-38-50-49(62(4,5)30-31-63(50,6)7)36-53(57)68(61)52-35-46(69(44-22-18-16-19-23-44)45-24-20-17-21-25-45)26-28-55(52)70(58)54-29-27-47-60(43(54)3)67(14,15)40-64(47,8)9/h16-29,32-38H,30-31,39-40H2,1-15H3/i1D3. The van der Waals surface area contributed by atoms with Gasteiger partial charge in [-0.2, -0.15) is 0 Å². The molecule has 360 valence electrons. The molecule has 12 rings (SSSR count). The van der Waals surface area contributed by atoms with Crippen LogP contribution in [-0.4, -0.2) is 6.71 Å². The lowest BCUT2D eigenvalue weighted by atomic mass is 9.33. The zero-order chi connectivity index (χ0) is 52.6. The molecule has 7 aromatic rings. The third kappa shape index (κ3) is 6.74. The third-order valence-electron chi connectivity index (χ3n) is 18.2. The first-order valence-electron chi connectivity index (χ1n) is 27.9. The van der Waals surface area contributed by atoms with Crippen molar-refractivity contribution in [2.75, 3.05) is 14.7 Å². The minimum absolute atomic E-state index is 0.0177. The molecule has 0 N–H and O–H groups in total. The van der Waals surface area contributed by atoms with Gasteiger partial charge in [0.15, 0.2) is 0 Å². The average molecular weight is 935 g/mol. The molecule has 0 saturated heterocycles. The Hall–Kier alpha value is -6.00. The first kappa shape index (κ1) is 42.7. The highest BCUT2D eigenvalue weighted by Gasteiger charge is 2.50. The summed E-state index contributed by atoms with van der Waals surface area (Å²) in [6.45, 7) is 30.9. The summed E-state index contributed by atoms with van der Waals surface area (Å²) in [5.74, 6) is 0. The van der Waals surface area contributed by atoms with Crippen molar-refractivity contribution in [1.82, 2.24) is 0 Å². The predicted octanol–water partition coefficient (Wildman–Crippen LogP) is 16.4. The first-order valence-corrected chi connectivity index (χ1v) is 26.4. The number of hydrogen-bond donors (Lipinski definition) is 0. The highest BCUT2D eigenvalue weighted by Crippen LogP contribution is 2.57. The lowest BCUT2D eigenvalue weighted by Gasteiger charge is -2.48. The summed E-state index contributed by atoms with van der Waals surface area (Å²) in [6, 6.07) is 47.5. The Kier molecular flexibility index (Phi) is 9.03. The fraction of sp³-hybridized carbons (Fsp3) is 0.373. The van der Waals surface area contributed by atoms with Crippen molar-refractivity contribution >= 4 is 74.3 Å². The van der Waals surface area contributed by atoms with Crippen LogP contribution in [0, 0.1) is 20.7 Å². The normalized spacial score (nSPS) is 20.4. The second-order valence-electron chi connectivity index (χ2n) is 26.2. The van der Waals surface area contributed by atoms with Crippen molar-refractivity contribution < 1.29 is 4.11 Å². The molecule has 0 fully saturated rings. The van der Waals surface area contributed by atoms with Crippen molar-refractivity contribution in [1.29, 1.82) is 0 Å². The molecule has 0 atom stereocenters. The maximum absolute atomic E-state index is 9.29. The van der Waals surface area contributed by atoms with Crippen LogP contribution in [0.4, 0.5) is 51.2 Å². The average Bonchev–Trinajstić information content (AvgIpc) is 3.64. The zero-order valence-electron chi connectivity index (χ0n) is 47.9. The highest BCUT2D eigenvalue weighted by molar-refractivity contribution is 7.00. The summed E-state index contributed by atoms with van der Waals surface area (Å²) >= 11 is 0. The fourth-order valence-electron chi connectivity index (χ4n) is 15.3. The van der Waals surface area contributed by atoms with Gasteiger partial charge in [0.05, 0.1) is 0 Å². The van der Waals surface area contributed by atoms with Crippen LogP contribution in [0.15, 0.2) is 127 Å². The van der Waals surface area contributed by atoms with Gasteiger partial charge in [0.25, 0.3) is 6.71 Å². The molecule has 0 saturated carbocycles. The Bertz CT molecular complexity index is 3450. The molecular formula is C67H74BN3. The zero-order valence-corrected chi connectivity index (χ0v) is 44.9. The fourth-order valence-corrected chi connectivity index (χ4v) is 15.3. The van der Waals surface area contributed by atoms with E-state index in [0.29, 0.717) is 5.56 Å². The third-order valence-corrected chi connectivity index (χ3v) is 18.2. The Morgan fingerprint density at radius 1 is 0.437 bits per heavy atom. The van der Waals surface area contributed by atoms with Crippen molar-refractivity contribution in [3.63, 3.8) is 0 Å². The van der Waals surface area contributed by atoms with Gasteiger partial charge < -0.3 is 14.7 Å². The number of fused-ring (bicyclic) bond motifs is 7. The van der Waals surface area contributed by atoms with Crippen molar-refractivity contribution in [3.05, 3.63) is 177 Å². The molecule has 2 heterocycles. The van der Waals surface area contributed by atoms with Crippen LogP contribution in [-0.2, 0) is 32.5 Å². The number of anilines is 9. The summed E-state index contributed by atoms with van der Waals surface area (Å²) in [7, 11) is 0. The van der Waals surface area contributed by atoms with E-state index in [0.717, 1.165) is 82.3 Å². The van der Waals surface area contributed by atoms with E-state index in [1.807, 2.05) is 12.1 Å². The van der Waals surface area contributed by atoms with Gasteiger partial charge in [0.2, 0.25) is 0 Å². The minimum Gasteiger partial charge on any atom is -0.311 e. The van der Waals surface area contributed by atoms with Crippen LogP contribution in [0.5, 0.6) is 0 Å². The molecule has 7 aromatic carbocycles. The van der Waals surface area contributed by atoms with Crippen LogP contribution in [0.2, 0.25) is 0 Å². The van der Waals surface area contributed by atoms with E-state index in [4.69, 9.17) is 0 Å². The molecule has 0 amide bonds. The van der Waals surface area contributed by atoms with E-state index >= 15 is 0 Å². The minimum atomic E-state index is -2.38. The monoisotopic (exact) mass is 935 g/mol. The summed E-state index contributed by atoms with van der Waals surface area (Å²) in [6.07, 6.45) is 4.30. The summed E-state index contributed by atoms with van der Waals surface area (Å²) in [5.41, 5.74) is 24.2. The number of para-hydroxylation sites is 2. The molecule has 0 bridgehead atoms. The van der Waals surface area contributed by atoms with Gasteiger partial charge in [-0.05, 0) is 218 Å². The van der Waals surface area contributed by atoms with Crippen LogP contribution in [0.1, 0.15) is 163 Å². The topological polar surface area (TPSA) is 9.72 Å². The lowest BCUT2D eigenvalue weighted by Crippen LogP contribution is -2.62. The first-order chi connectivity index (χ1) is 34.6. The second kappa shape index (κ2) is 15.0. The molecule has 3 nitrogen and oxygen atoms in total. The van der Waals surface area contributed by atoms with E-state index < -0.39 is 6.85 Å². The number of nitrogens with zero attached hydrogens (tertiary/aromatic N) is 3. The molecule has 0 spiro atoms. The van der Waals surface area contributed by atoms with Gasteiger partial charge in [-0.15, -0.1) is 0 Å². The summed E-state index contributed by atoms with van der Waals surface area (Å²) in [4.78, 5) is 7.37. The van der Waals surface area contributed by atoms with Crippen molar-refractivity contribution in [2.45, 2.75) is 162 Å². The van der Waals surface area contributed by atoms with E-state index in [1.165, 1.54) is 55.4 Å². The second-order valence-corrected chi connectivity index (χ2v) is 26.2. The smallest absolute Gasteiger partial charge is 0.252 e. The van der Waals surface area contributed by atoms with E-state index in [1.54, 1.807) is 0 Å². The van der Waals surface area contributed by atoms with Gasteiger partial charge >= 0.3 is 0 Å². The molecular weight excluding hydrogens is 858 g/mol. The molecule has 0 unspecified atom stereocenters. The Morgan fingerprint density at radius 3 is 1.54 bits per heavy atom. The highest BCUT2D eigenvalue weighted by atomic mass is 15.2. The van der Waals surface area contributed by atoms with Crippen LogP contribution in [0.3, 0.4) is 0 Å². The van der Waals surface area contributed by atoms with Gasteiger partial charge in [-0.1, -0.05) is 138 Å². The van der Waals surface area contributed by atoms with Crippen LogP contribution >= 0.6 is 0 Å². The quantitative estimate of drug-likeness (QED) is 0.159. The number of aryl methyl sites for hydroxylation is 2. The predicted molar refractivity (Wildman–Crippen MR) is 306 cm³/mol. The van der Waals surface area contributed by atoms with Crippen LogP contribution < -0.4 is 31.1 Å². The van der Waals surface area contributed by atoms with Gasteiger partial charge in [0, 0.05) is 55.3 Å². The maximum atomic E-state index is 9.29. The maximum Gasteiger partial charge on any atom is 0.252 e. The molecule has 4 heteroatoms.